The predicted molar refractivity (Wildman–Crippen MR) is 62.1 cm³/mol. The summed E-state index contributed by atoms with van der Waals surface area (Å²) in [5, 5.41) is 17.3. The lowest BCUT2D eigenvalue weighted by Crippen LogP contribution is -2.07. The molecule has 0 aliphatic heterocycles. The molecule has 0 saturated heterocycles. The second-order valence-corrected chi connectivity index (χ2v) is 3.64. The summed E-state index contributed by atoms with van der Waals surface area (Å²) in [6.45, 7) is 2.24. The molecule has 0 unspecified atom stereocenters. The molecule has 2 aromatic rings. The standard InChI is InChI=1S/C10H11N5O3/c1-7-4-10(12-5-8(7)15(16)17)11-3-2-9-13-6-18-14-9/h4-6H,2-3H2,1H3,(H,11,12). The molecular formula is C10H11N5O3. The van der Waals surface area contributed by atoms with Crippen LogP contribution in [0.5, 0.6) is 0 Å². The van der Waals surface area contributed by atoms with Gasteiger partial charge < -0.3 is 9.84 Å². The molecule has 8 nitrogen and oxygen atoms in total. The lowest BCUT2D eigenvalue weighted by Gasteiger charge is -2.04. The summed E-state index contributed by atoms with van der Waals surface area (Å²) in [5.74, 6) is 1.18. The quantitative estimate of drug-likeness (QED) is 0.629. The van der Waals surface area contributed by atoms with Crippen LogP contribution in [-0.2, 0) is 6.42 Å². The monoisotopic (exact) mass is 249 g/mol. The Labute approximate surface area is 102 Å². The van der Waals surface area contributed by atoms with Crippen LogP contribution in [0.15, 0.2) is 23.2 Å². The van der Waals surface area contributed by atoms with Gasteiger partial charge in [-0.2, -0.15) is 4.98 Å². The normalized spacial score (nSPS) is 10.3. The summed E-state index contributed by atoms with van der Waals surface area (Å²) in [4.78, 5) is 18.0. The Kier molecular flexibility index (Phi) is 3.46. The molecule has 8 heteroatoms. The molecule has 0 aliphatic rings. The number of nitrogens with zero attached hydrogens (tertiary/aromatic N) is 4. The van der Waals surface area contributed by atoms with Crippen LogP contribution in [-0.4, -0.2) is 26.6 Å². The average molecular weight is 249 g/mol. The molecule has 0 amide bonds. The van der Waals surface area contributed by atoms with Crippen molar-refractivity contribution in [3.63, 3.8) is 0 Å². The van der Waals surface area contributed by atoms with Gasteiger partial charge in [0.1, 0.15) is 12.0 Å². The number of anilines is 1. The third-order valence-corrected chi connectivity index (χ3v) is 2.34. The maximum Gasteiger partial charge on any atom is 0.290 e. The van der Waals surface area contributed by atoms with Gasteiger partial charge in [-0.3, -0.25) is 10.1 Å². The van der Waals surface area contributed by atoms with Crippen molar-refractivity contribution in [2.45, 2.75) is 13.3 Å². The largest absolute Gasteiger partial charge is 0.370 e. The molecule has 0 saturated carbocycles. The average Bonchev–Trinajstić information content (AvgIpc) is 2.81. The SMILES string of the molecule is Cc1cc(NCCc2ncon2)ncc1[N+](=O)[O-]. The number of aromatic nitrogens is 3. The van der Waals surface area contributed by atoms with Crippen LogP contribution in [0.3, 0.4) is 0 Å². The second kappa shape index (κ2) is 5.21. The molecular weight excluding hydrogens is 238 g/mol. The molecule has 0 radical (unpaired) electrons. The van der Waals surface area contributed by atoms with Crippen molar-refractivity contribution < 1.29 is 9.45 Å². The van der Waals surface area contributed by atoms with Crippen LogP contribution in [0, 0.1) is 17.0 Å². The fraction of sp³-hybridized carbons (Fsp3) is 0.300. The summed E-state index contributed by atoms with van der Waals surface area (Å²) in [5.41, 5.74) is 0.579. The highest BCUT2D eigenvalue weighted by molar-refractivity contribution is 5.46. The lowest BCUT2D eigenvalue weighted by atomic mass is 10.2. The molecule has 2 heterocycles. The predicted octanol–water partition coefficient (Wildman–Crippen LogP) is 1.34. The highest BCUT2D eigenvalue weighted by Gasteiger charge is 2.11. The topological polar surface area (TPSA) is 107 Å². The molecule has 0 aromatic carbocycles. The van der Waals surface area contributed by atoms with Crippen LogP contribution >= 0.6 is 0 Å². The minimum Gasteiger partial charge on any atom is -0.370 e. The minimum atomic E-state index is -0.453. The lowest BCUT2D eigenvalue weighted by molar-refractivity contribution is -0.385. The van der Waals surface area contributed by atoms with Crippen molar-refractivity contribution in [3.8, 4) is 0 Å². The molecule has 18 heavy (non-hydrogen) atoms. The molecule has 2 aromatic heterocycles. The van der Waals surface area contributed by atoms with E-state index in [9.17, 15) is 10.1 Å². The Hall–Kier alpha value is -2.51. The second-order valence-electron chi connectivity index (χ2n) is 3.64. The summed E-state index contributed by atoms with van der Waals surface area (Å²) in [6.07, 6.45) is 3.10. The van der Waals surface area contributed by atoms with E-state index in [0.29, 0.717) is 30.2 Å². The minimum absolute atomic E-state index is 0.0127. The first-order chi connectivity index (χ1) is 8.66. The summed E-state index contributed by atoms with van der Waals surface area (Å²) < 4.78 is 4.60. The number of hydrogen-bond acceptors (Lipinski definition) is 7. The van der Waals surface area contributed by atoms with Crippen molar-refractivity contribution in [1.29, 1.82) is 0 Å². The molecule has 0 atom stereocenters. The van der Waals surface area contributed by atoms with Gasteiger partial charge in [-0.25, -0.2) is 4.98 Å². The highest BCUT2D eigenvalue weighted by Crippen LogP contribution is 2.18. The van der Waals surface area contributed by atoms with Gasteiger partial charge in [0.15, 0.2) is 5.82 Å². The van der Waals surface area contributed by atoms with Gasteiger partial charge in [0.25, 0.3) is 5.69 Å². The Morgan fingerprint density at radius 1 is 1.50 bits per heavy atom. The van der Waals surface area contributed by atoms with Crippen molar-refractivity contribution in [2.24, 2.45) is 0 Å². The fourth-order valence-corrected chi connectivity index (χ4v) is 1.44. The van der Waals surface area contributed by atoms with Crippen molar-refractivity contribution >= 4 is 11.5 Å². The molecule has 2 rings (SSSR count). The van der Waals surface area contributed by atoms with E-state index in [4.69, 9.17) is 0 Å². The first-order valence-electron chi connectivity index (χ1n) is 5.27. The molecule has 94 valence electrons. The van der Waals surface area contributed by atoms with Crippen LogP contribution in [0.2, 0.25) is 0 Å². The van der Waals surface area contributed by atoms with E-state index in [1.54, 1.807) is 13.0 Å². The molecule has 1 N–H and O–H groups in total. The third kappa shape index (κ3) is 2.78. The molecule has 0 fully saturated rings. The van der Waals surface area contributed by atoms with Gasteiger partial charge in [-0.05, 0) is 13.0 Å². The van der Waals surface area contributed by atoms with Crippen LogP contribution in [0.25, 0.3) is 0 Å². The third-order valence-electron chi connectivity index (χ3n) is 2.34. The Bertz CT molecular complexity index is 540. The highest BCUT2D eigenvalue weighted by atomic mass is 16.6. The van der Waals surface area contributed by atoms with Gasteiger partial charge in [0, 0.05) is 18.5 Å². The zero-order valence-corrected chi connectivity index (χ0v) is 9.66. The van der Waals surface area contributed by atoms with Gasteiger partial charge >= 0.3 is 0 Å². The maximum absolute atomic E-state index is 10.6. The van der Waals surface area contributed by atoms with E-state index in [1.165, 1.54) is 12.6 Å². The van der Waals surface area contributed by atoms with Crippen LogP contribution in [0.1, 0.15) is 11.4 Å². The van der Waals surface area contributed by atoms with Crippen LogP contribution < -0.4 is 5.32 Å². The van der Waals surface area contributed by atoms with Gasteiger partial charge in [0.2, 0.25) is 6.39 Å². The van der Waals surface area contributed by atoms with E-state index in [2.05, 4.69) is 25.0 Å². The van der Waals surface area contributed by atoms with Crippen molar-refractivity contribution in [1.82, 2.24) is 15.1 Å². The van der Waals surface area contributed by atoms with Gasteiger partial charge in [-0.1, -0.05) is 5.16 Å². The Balaban J connectivity index is 1.94. The van der Waals surface area contributed by atoms with E-state index < -0.39 is 4.92 Å². The maximum atomic E-state index is 10.6. The van der Waals surface area contributed by atoms with E-state index >= 15 is 0 Å². The smallest absolute Gasteiger partial charge is 0.290 e. The fourth-order valence-electron chi connectivity index (χ4n) is 1.44. The summed E-state index contributed by atoms with van der Waals surface area (Å²) >= 11 is 0. The van der Waals surface area contributed by atoms with E-state index in [-0.39, 0.29) is 5.69 Å². The summed E-state index contributed by atoms with van der Waals surface area (Å²) in [6, 6.07) is 1.63. The number of aryl methyl sites for hydroxylation is 1. The zero-order valence-electron chi connectivity index (χ0n) is 9.66. The first-order valence-corrected chi connectivity index (χ1v) is 5.27. The van der Waals surface area contributed by atoms with Gasteiger partial charge in [0.05, 0.1) is 4.92 Å². The first kappa shape index (κ1) is 12.0. The Morgan fingerprint density at radius 3 is 2.94 bits per heavy atom. The number of hydrogen-bond donors (Lipinski definition) is 1. The number of nitrogens with one attached hydrogen (secondary N) is 1. The molecule has 0 aliphatic carbocycles. The number of rotatable bonds is 5. The summed E-state index contributed by atoms with van der Waals surface area (Å²) in [7, 11) is 0. The number of nitro groups is 1. The number of pyridine rings is 1. The van der Waals surface area contributed by atoms with E-state index in [1.807, 2.05) is 0 Å². The van der Waals surface area contributed by atoms with Crippen molar-refractivity contribution in [2.75, 3.05) is 11.9 Å². The molecule has 0 spiro atoms. The Morgan fingerprint density at radius 2 is 2.33 bits per heavy atom. The zero-order chi connectivity index (χ0) is 13.0. The van der Waals surface area contributed by atoms with Crippen molar-refractivity contribution in [3.05, 3.63) is 40.2 Å². The molecule has 0 bridgehead atoms. The van der Waals surface area contributed by atoms with Crippen LogP contribution in [0.4, 0.5) is 11.5 Å². The van der Waals surface area contributed by atoms with Gasteiger partial charge in [-0.15, -0.1) is 0 Å². The van der Waals surface area contributed by atoms with E-state index in [0.717, 1.165) is 0 Å².